The topological polar surface area (TPSA) is 47.4 Å². The van der Waals surface area contributed by atoms with Gasteiger partial charge < -0.3 is 9.30 Å². The number of likely N-dealkylation sites (tertiary alicyclic amines) is 1. The predicted molar refractivity (Wildman–Crippen MR) is 88.1 cm³/mol. The van der Waals surface area contributed by atoms with Crippen LogP contribution in [0.2, 0.25) is 0 Å². The minimum Gasteiger partial charge on any atom is -0.465 e. The van der Waals surface area contributed by atoms with Crippen LogP contribution < -0.4 is 0 Å². The second kappa shape index (κ2) is 6.96. The molecule has 0 saturated carbocycles. The normalized spacial score (nSPS) is 22.0. The van der Waals surface area contributed by atoms with E-state index >= 15 is 0 Å². The second-order valence-corrected chi connectivity index (χ2v) is 6.23. The van der Waals surface area contributed by atoms with E-state index in [1.165, 1.54) is 7.11 Å². The summed E-state index contributed by atoms with van der Waals surface area (Å²) in [6.07, 6.45) is 6.90. The Morgan fingerprint density at radius 2 is 2.22 bits per heavy atom. The average Bonchev–Trinajstić information content (AvgIpc) is 3.11. The molecule has 2 aromatic rings. The number of ether oxygens (including phenoxy) is 1. The van der Waals surface area contributed by atoms with Gasteiger partial charge in [0, 0.05) is 31.5 Å². The number of hydrogen-bond acceptors (Lipinski definition) is 4. The summed E-state index contributed by atoms with van der Waals surface area (Å²) in [4.78, 5) is 18.5. The maximum absolute atomic E-state index is 11.9. The molecule has 1 aliphatic heterocycles. The second-order valence-electron chi connectivity index (χ2n) is 6.23. The Morgan fingerprint density at radius 1 is 1.39 bits per heavy atom. The van der Waals surface area contributed by atoms with E-state index in [1.54, 1.807) is 0 Å². The van der Waals surface area contributed by atoms with E-state index in [-0.39, 0.29) is 5.97 Å². The summed E-state index contributed by atoms with van der Waals surface area (Å²) in [5, 5.41) is 0. The van der Waals surface area contributed by atoms with Crippen LogP contribution in [0.25, 0.3) is 0 Å². The van der Waals surface area contributed by atoms with Crippen molar-refractivity contribution in [3.8, 4) is 0 Å². The summed E-state index contributed by atoms with van der Waals surface area (Å²) in [5.74, 6) is 0.355. The highest BCUT2D eigenvalue weighted by molar-refractivity contribution is 5.90. The number of nitrogens with zero attached hydrogens (tertiary/aromatic N) is 3. The van der Waals surface area contributed by atoms with Crippen molar-refractivity contribution in [3.05, 3.63) is 54.1 Å². The van der Waals surface area contributed by atoms with Gasteiger partial charge in [-0.05, 0) is 30.5 Å². The van der Waals surface area contributed by atoms with Gasteiger partial charge in [0.15, 0.2) is 0 Å². The van der Waals surface area contributed by atoms with Gasteiger partial charge in [0.25, 0.3) is 0 Å². The Kier molecular flexibility index (Phi) is 4.76. The standard InChI is InChI=1S/C18H23N3O2/c1-14-7-9-20(12-17(14)21-10-8-19-13-21)11-15-5-3-4-6-16(15)18(22)23-2/h3-6,8,10,13-14,17H,7,9,11-12H2,1-2H3. The Bertz CT molecular complexity index is 654. The molecular formula is C18H23N3O2. The number of carbonyl (C=O) groups is 1. The monoisotopic (exact) mass is 313 g/mol. The van der Waals surface area contributed by atoms with Crippen LogP contribution in [0.15, 0.2) is 43.0 Å². The SMILES string of the molecule is COC(=O)c1ccccc1CN1CCC(C)C(n2ccnc2)C1. The molecule has 1 aliphatic rings. The van der Waals surface area contributed by atoms with Crippen molar-refractivity contribution in [2.75, 3.05) is 20.2 Å². The van der Waals surface area contributed by atoms with E-state index in [0.717, 1.165) is 31.6 Å². The fourth-order valence-corrected chi connectivity index (χ4v) is 3.32. The molecule has 5 heteroatoms. The van der Waals surface area contributed by atoms with Gasteiger partial charge in [0.2, 0.25) is 0 Å². The molecule has 23 heavy (non-hydrogen) atoms. The maximum atomic E-state index is 11.9. The van der Waals surface area contributed by atoms with Crippen LogP contribution in [0.1, 0.15) is 35.3 Å². The van der Waals surface area contributed by atoms with Crippen LogP contribution in [-0.2, 0) is 11.3 Å². The van der Waals surface area contributed by atoms with Crippen LogP contribution in [0, 0.1) is 5.92 Å². The first-order valence-corrected chi connectivity index (χ1v) is 8.05. The number of carbonyl (C=O) groups excluding carboxylic acids is 1. The Balaban J connectivity index is 1.75. The van der Waals surface area contributed by atoms with E-state index in [2.05, 4.69) is 21.4 Å². The molecule has 5 nitrogen and oxygen atoms in total. The third kappa shape index (κ3) is 3.45. The Hall–Kier alpha value is -2.14. The van der Waals surface area contributed by atoms with Gasteiger partial charge in [-0.15, -0.1) is 0 Å². The zero-order valence-corrected chi connectivity index (χ0v) is 13.7. The van der Waals surface area contributed by atoms with Gasteiger partial charge in [-0.2, -0.15) is 0 Å². The van der Waals surface area contributed by atoms with Gasteiger partial charge in [0.05, 0.1) is 19.0 Å². The lowest BCUT2D eigenvalue weighted by Gasteiger charge is -2.37. The number of hydrogen-bond donors (Lipinski definition) is 0. The Morgan fingerprint density at radius 3 is 2.96 bits per heavy atom. The summed E-state index contributed by atoms with van der Waals surface area (Å²) < 4.78 is 7.09. The molecule has 122 valence electrons. The average molecular weight is 313 g/mol. The van der Waals surface area contributed by atoms with Gasteiger partial charge in [-0.25, -0.2) is 9.78 Å². The van der Waals surface area contributed by atoms with Crippen LogP contribution >= 0.6 is 0 Å². The first-order valence-electron chi connectivity index (χ1n) is 8.05. The highest BCUT2D eigenvalue weighted by atomic mass is 16.5. The van der Waals surface area contributed by atoms with Crippen molar-refractivity contribution < 1.29 is 9.53 Å². The van der Waals surface area contributed by atoms with E-state index in [1.807, 2.05) is 43.0 Å². The zero-order chi connectivity index (χ0) is 16.2. The van der Waals surface area contributed by atoms with Crippen LogP contribution in [0.4, 0.5) is 0 Å². The summed E-state index contributed by atoms with van der Waals surface area (Å²) in [7, 11) is 1.43. The quantitative estimate of drug-likeness (QED) is 0.814. The number of rotatable bonds is 4. The van der Waals surface area contributed by atoms with Gasteiger partial charge in [-0.1, -0.05) is 25.1 Å². The molecule has 0 spiro atoms. The van der Waals surface area contributed by atoms with Crippen molar-refractivity contribution in [3.63, 3.8) is 0 Å². The number of piperidine rings is 1. The molecular weight excluding hydrogens is 290 g/mol. The fraction of sp³-hybridized carbons (Fsp3) is 0.444. The third-order valence-corrected chi connectivity index (χ3v) is 4.73. The molecule has 1 saturated heterocycles. The number of benzene rings is 1. The van der Waals surface area contributed by atoms with Gasteiger partial charge in [0.1, 0.15) is 0 Å². The van der Waals surface area contributed by atoms with E-state index < -0.39 is 0 Å². The Labute approximate surface area is 136 Å². The van der Waals surface area contributed by atoms with Gasteiger partial charge >= 0.3 is 5.97 Å². The highest BCUT2D eigenvalue weighted by Crippen LogP contribution is 2.28. The van der Waals surface area contributed by atoms with E-state index in [0.29, 0.717) is 17.5 Å². The molecule has 1 aromatic heterocycles. The predicted octanol–water partition coefficient (Wildman–Crippen LogP) is 2.75. The largest absolute Gasteiger partial charge is 0.465 e. The van der Waals surface area contributed by atoms with Crippen molar-refractivity contribution in [2.45, 2.75) is 25.9 Å². The smallest absolute Gasteiger partial charge is 0.338 e. The van der Waals surface area contributed by atoms with Crippen LogP contribution in [-0.4, -0.2) is 40.6 Å². The molecule has 0 amide bonds. The maximum Gasteiger partial charge on any atom is 0.338 e. The number of aromatic nitrogens is 2. The minimum absolute atomic E-state index is 0.267. The molecule has 0 aliphatic carbocycles. The lowest BCUT2D eigenvalue weighted by atomic mass is 9.92. The minimum atomic E-state index is -0.267. The number of methoxy groups -OCH3 is 1. The molecule has 2 unspecified atom stereocenters. The van der Waals surface area contributed by atoms with Crippen LogP contribution in [0.3, 0.4) is 0 Å². The number of imidazole rings is 1. The molecule has 0 N–H and O–H groups in total. The summed E-state index contributed by atoms with van der Waals surface area (Å²) in [5.41, 5.74) is 1.69. The summed E-state index contributed by atoms with van der Waals surface area (Å²) in [6.45, 7) is 5.07. The van der Waals surface area contributed by atoms with Crippen molar-refractivity contribution in [2.24, 2.45) is 5.92 Å². The number of esters is 1. The first-order chi connectivity index (χ1) is 11.2. The first kappa shape index (κ1) is 15.7. The molecule has 1 fully saturated rings. The lowest BCUT2D eigenvalue weighted by Crippen LogP contribution is -2.40. The van der Waals surface area contributed by atoms with Crippen LogP contribution in [0.5, 0.6) is 0 Å². The highest BCUT2D eigenvalue weighted by Gasteiger charge is 2.27. The molecule has 1 aromatic carbocycles. The van der Waals surface area contributed by atoms with E-state index in [9.17, 15) is 4.79 Å². The van der Waals surface area contributed by atoms with Gasteiger partial charge in [-0.3, -0.25) is 4.90 Å². The van der Waals surface area contributed by atoms with E-state index in [4.69, 9.17) is 4.74 Å². The summed E-state index contributed by atoms with van der Waals surface area (Å²) >= 11 is 0. The zero-order valence-electron chi connectivity index (χ0n) is 13.7. The molecule has 0 radical (unpaired) electrons. The molecule has 2 heterocycles. The van der Waals surface area contributed by atoms with Crippen molar-refractivity contribution >= 4 is 5.97 Å². The molecule has 0 bridgehead atoms. The fourth-order valence-electron chi connectivity index (χ4n) is 3.32. The molecule has 2 atom stereocenters. The third-order valence-electron chi connectivity index (χ3n) is 4.73. The summed E-state index contributed by atoms with van der Waals surface area (Å²) in [6, 6.07) is 8.12. The molecule has 3 rings (SSSR count). The lowest BCUT2D eigenvalue weighted by molar-refractivity contribution is 0.0596. The van der Waals surface area contributed by atoms with Crippen molar-refractivity contribution in [1.82, 2.24) is 14.5 Å². The van der Waals surface area contributed by atoms with Crippen molar-refractivity contribution in [1.29, 1.82) is 0 Å².